The lowest BCUT2D eigenvalue weighted by molar-refractivity contribution is -0.118. The molecule has 8 nitrogen and oxygen atoms in total. The molecule has 0 bridgehead atoms. The van der Waals surface area contributed by atoms with Crippen molar-refractivity contribution in [2.75, 3.05) is 37.7 Å². The quantitative estimate of drug-likeness (QED) is 0.705. The van der Waals surface area contributed by atoms with E-state index in [1.807, 2.05) is 0 Å². The van der Waals surface area contributed by atoms with Crippen LogP contribution >= 0.6 is 0 Å². The van der Waals surface area contributed by atoms with Gasteiger partial charge in [0.25, 0.3) is 0 Å². The Morgan fingerprint density at radius 3 is 2.67 bits per heavy atom. The molecule has 2 aromatic rings. The second kappa shape index (κ2) is 8.18. The lowest BCUT2D eigenvalue weighted by Crippen LogP contribution is -2.51. The molecule has 1 saturated carbocycles. The van der Waals surface area contributed by atoms with Crippen LogP contribution in [-0.4, -0.2) is 71.3 Å². The van der Waals surface area contributed by atoms with Gasteiger partial charge in [-0.25, -0.2) is 13.6 Å². The molecular formula is C23H25F2N3O5. The summed E-state index contributed by atoms with van der Waals surface area (Å²) >= 11 is 0. The zero-order valence-corrected chi connectivity index (χ0v) is 18.2. The summed E-state index contributed by atoms with van der Waals surface area (Å²) in [4.78, 5) is 39.4. The van der Waals surface area contributed by atoms with Gasteiger partial charge in [0.2, 0.25) is 5.43 Å². The molecule has 1 aromatic carbocycles. The number of aromatic nitrogens is 1. The summed E-state index contributed by atoms with van der Waals surface area (Å²) in [5.41, 5.74) is -1.69. The first-order valence-electron chi connectivity index (χ1n) is 11.2. The Hall–Kier alpha value is -2.85. The fourth-order valence-corrected chi connectivity index (χ4v) is 5.03. The van der Waals surface area contributed by atoms with E-state index in [1.165, 1.54) is 17.7 Å². The molecule has 1 N–H and O–H groups in total. The fourth-order valence-electron chi connectivity index (χ4n) is 5.03. The van der Waals surface area contributed by atoms with Crippen LogP contribution in [0.3, 0.4) is 0 Å². The van der Waals surface area contributed by atoms with E-state index in [0.29, 0.717) is 32.7 Å². The molecule has 176 valence electrons. The third-order valence-electron chi connectivity index (χ3n) is 6.84. The highest BCUT2D eigenvalue weighted by molar-refractivity contribution is 5.94. The van der Waals surface area contributed by atoms with Crippen LogP contribution < -0.4 is 10.3 Å². The van der Waals surface area contributed by atoms with E-state index in [4.69, 9.17) is 4.74 Å². The van der Waals surface area contributed by atoms with Gasteiger partial charge in [0, 0.05) is 44.8 Å². The molecule has 1 aliphatic carbocycles. The largest absolute Gasteiger partial charge is 0.477 e. The molecule has 5 rings (SSSR count). The van der Waals surface area contributed by atoms with Crippen molar-refractivity contribution >= 4 is 28.3 Å². The minimum Gasteiger partial charge on any atom is -0.477 e. The van der Waals surface area contributed by atoms with Crippen LogP contribution in [-0.2, 0) is 9.53 Å². The Kier molecular flexibility index (Phi) is 5.44. The van der Waals surface area contributed by atoms with Crippen molar-refractivity contribution in [1.29, 1.82) is 0 Å². The Balaban J connectivity index is 1.56. The molecule has 3 fully saturated rings. The molecule has 3 aliphatic rings. The SMILES string of the molecule is CC(=O)CCN1CCO[C@@H]2CN(c3c(F)cc4c(=O)c(C(=O)O)cn(C5CC5)c4c3F)C[C@@H]21. The van der Waals surface area contributed by atoms with E-state index in [0.717, 1.165) is 18.9 Å². The van der Waals surface area contributed by atoms with Gasteiger partial charge >= 0.3 is 5.97 Å². The third kappa shape index (κ3) is 3.80. The highest BCUT2D eigenvalue weighted by Gasteiger charge is 2.42. The Bertz CT molecular complexity index is 1210. The van der Waals surface area contributed by atoms with Crippen molar-refractivity contribution < 1.29 is 28.2 Å². The van der Waals surface area contributed by atoms with Gasteiger partial charge in [-0.15, -0.1) is 0 Å². The molecule has 2 atom stereocenters. The number of carbonyl (C=O) groups is 2. The van der Waals surface area contributed by atoms with Crippen molar-refractivity contribution in [2.45, 2.75) is 44.4 Å². The lowest BCUT2D eigenvalue weighted by Gasteiger charge is -2.36. The topological polar surface area (TPSA) is 92.1 Å². The number of Topliss-reactive ketones (excluding diaryl/α,β-unsaturated/α-hetero) is 1. The van der Waals surface area contributed by atoms with Crippen molar-refractivity contribution in [1.82, 2.24) is 9.47 Å². The molecule has 0 amide bonds. The fraction of sp³-hybridized carbons (Fsp3) is 0.522. The number of morpholine rings is 1. The van der Waals surface area contributed by atoms with Gasteiger partial charge in [-0.3, -0.25) is 14.5 Å². The second-order valence-electron chi connectivity index (χ2n) is 9.10. The number of anilines is 1. The number of aromatic carboxylic acids is 1. The second-order valence-corrected chi connectivity index (χ2v) is 9.10. The molecule has 0 radical (unpaired) electrons. The van der Waals surface area contributed by atoms with E-state index in [1.54, 1.807) is 4.90 Å². The number of benzene rings is 1. The van der Waals surface area contributed by atoms with Crippen LogP contribution in [0.5, 0.6) is 0 Å². The van der Waals surface area contributed by atoms with E-state index < -0.39 is 28.6 Å². The van der Waals surface area contributed by atoms with Crippen molar-refractivity contribution in [3.63, 3.8) is 0 Å². The Morgan fingerprint density at radius 2 is 2.00 bits per heavy atom. The molecule has 2 aliphatic heterocycles. The maximum Gasteiger partial charge on any atom is 0.341 e. The maximum atomic E-state index is 15.9. The first-order valence-corrected chi connectivity index (χ1v) is 11.2. The summed E-state index contributed by atoms with van der Waals surface area (Å²) < 4.78 is 38.5. The first-order chi connectivity index (χ1) is 15.8. The maximum absolute atomic E-state index is 15.9. The smallest absolute Gasteiger partial charge is 0.341 e. The van der Waals surface area contributed by atoms with Crippen LogP contribution in [0.2, 0.25) is 0 Å². The molecule has 0 unspecified atom stereocenters. The Labute approximate surface area is 188 Å². The van der Waals surface area contributed by atoms with Crippen LogP contribution in [0, 0.1) is 11.6 Å². The summed E-state index contributed by atoms with van der Waals surface area (Å²) in [5, 5.41) is 9.12. The van der Waals surface area contributed by atoms with Gasteiger partial charge < -0.3 is 19.3 Å². The molecule has 10 heteroatoms. The number of hydrogen-bond donors (Lipinski definition) is 1. The first kappa shape index (κ1) is 22.0. The monoisotopic (exact) mass is 461 g/mol. The summed E-state index contributed by atoms with van der Waals surface area (Å²) in [6, 6.07) is 0.732. The van der Waals surface area contributed by atoms with Crippen LogP contribution in [0.25, 0.3) is 10.9 Å². The van der Waals surface area contributed by atoms with Gasteiger partial charge in [-0.05, 0) is 25.8 Å². The molecule has 3 heterocycles. The minimum absolute atomic E-state index is 0.0619. The summed E-state index contributed by atoms with van der Waals surface area (Å²) in [6.45, 7) is 3.83. The van der Waals surface area contributed by atoms with Crippen molar-refractivity contribution in [3.8, 4) is 0 Å². The van der Waals surface area contributed by atoms with E-state index in [-0.39, 0.29) is 47.1 Å². The van der Waals surface area contributed by atoms with Gasteiger partial charge in [0.15, 0.2) is 5.82 Å². The van der Waals surface area contributed by atoms with Crippen LogP contribution in [0.1, 0.15) is 42.6 Å². The zero-order chi connectivity index (χ0) is 23.4. The number of ether oxygens (including phenoxy) is 1. The highest BCUT2D eigenvalue weighted by Crippen LogP contribution is 2.40. The van der Waals surface area contributed by atoms with Gasteiger partial charge in [-0.1, -0.05) is 0 Å². The van der Waals surface area contributed by atoms with E-state index >= 15 is 8.78 Å². The normalized spacial score (nSPS) is 23.2. The number of fused-ring (bicyclic) bond motifs is 2. The van der Waals surface area contributed by atoms with Gasteiger partial charge in [0.1, 0.15) is 22.9 Å². The zero-order valence-electron chi connectivity index (χ0n) is 18.2. The van der Waals surface area contributed by atoms with E-state index in [9.17, 15) is 19.5 Å². The number of halogens is 2. The summed E-state index contributed by atoms with van der Waals surface area (Å²) in [5.74, 6) is -3.11. The predicted octanol–water partition coefficient (Wildman–Crippen LogP) is 2.18. The number of carboxylic acid groups (broad SMARTS) is 1. The summed E-state index contributed by atoms with van der Waals surface area (Å²) in [6.07, 6.45) is 2.79. The van der Waals surface area contributed by atoms with Gasteiger partial charge in [0.05, 0.1) is 29.7 Å². The van der Waals surface area contributed by atoms with Crippen LogP contribution in [0.4, 0.5) is 14.5 Å². The molecule has 0 spiro atoms. The minimum atomic E-state index is -1.42. The number of rotatable bonds is 6. The van der Waals surface area contributed by atoms with E-state index in [2.05, 4.69) is 4.90 Å². The number of hydrogen-bond acceptors (Lipinski definition) is 6. The van der Waals surface area contributed by atoms with Crippen molar-refractivity contribution in [3.05, 3.63) is 39.7 Å². The number of ketones is 1. The average Bonchev–Trinajstić information content (AvgIpc) is 3.51. The molecule has 2 saturated heterocycles. The average molecular weight is 461 g/mol. The standard InChI is InChI=1S/C23H25F2N3O5/c1-12(29)4-5-26-6-7-33-18-11-27(10-17(18)26)21-16(24)8-14-20(19(21)25)28(13-2-3-13)9-15(22(14)30)23(31)32/h8-9,13,17-18H,2-7,10-11H2,1H3,(H,31,32)/t17-,18+/m0/s1. The number of nitrogens with zero attached hydrogens (tertiary/aromatic N) is 3. The molecule has 1 aromatic heterocycles. The number of carboxylic acids is 1. The molecular weight excluding hydrogens is 436 g/mol. The third-order valence-corrected chi connectivity index (χ3v) is 6.84. The number of carbonyl (C=O) groups excluding carboxylic acids is 1. The predicted molar refractivity (Wildman–Crippen MR) is 116 cm³/mol. The number of pyridine rings is 1. The summed E-state index contributed by atoms with van der Waals surface area (Å²) in [7, 11) is 0. The van der Waals surface area contributed by atoms with Crippen LogP contribution in [0.15, 0.2) is 17.1 Å². The lowest BCUT2D eigenvalue weighted by atomic mass is 10.1. The molecule has 33 heavy (non-hydrogen) atoms. The van der Waals surface area contributed by atoms with Gasteiger partial charge in [-0.2, -0.15) is 0 Å². The van der Waals surface area contributed by atoms with Crippen molar-refractivity contribution in [2.24, 2.45) is 0 Å². The highest BCUT2D eigenvalue weighted by atomic mass is 19.1. The Morgan fingerprint density at radius 1 is 1.24 bits per heavy atom.